The van der Waals surface area contributed by atoms with Gasteiger partial charge in [-0.05, 0) is 49.1 Å². The number of nitrogens with one attached hydrogen (secondary N) is 1. The Morgan fingerprint density at radius 3 is 2.48 bits per heavy atom. The van der Waals surface area contributed by atoms with Crippen molar-refractivity contribution in [3.63, 3.8) is 0 Å². The van der Waals surface area contributed by atoms with Gasteiger partial charge in [0.05, 0.1) is 7.11 Å². The molecule has 1 atom stereocenters. The highest BCUT2D eigenvalue weighted by molar-refractivity contribution is 5.94. The van der Waals surface area contributed by atoms with Crippen LogP contribution in [0.4, 0.5) is 0 Å². The smallest absolute Gasteiger partial charge is 0.251 e. The van der Waals surface area contributed by atoms with Gasteiger partial charge in [-0.2, -0.15) is 0 Å². The Labute approximate surface area is 162 Å². The van der Waals surface area contributed by atoms with E-state index < -0.39 is 0 Å². The number of rotatable bonds is 9. The first-order valence-electron chi connectivity index (χ1n) is 9.65. The zero-order valence-corrected chi connectivity index (χ0v) is 17.0. The van der Waals surface area contributed by atoms with E-state index in [0.29, 0.717) is 18.1 Å². The van der Waals surface area contributed by atoms with Gasteiger partial charge in [0.2, 0.25) is 0 Å². The van der Waals surface area contributed by atoms with Gasteiger partial charge in [-0.1, -0.05) is 45.4 Å². The molecule has 27 heavy (non-hydrogen) atoms. The minimum Gasteiger partial charge on any atom is -0.496 e. The maximum absolute atomic E-state index is 12.5. The molecule has 1 amide bonds. The minimum absolute atomic E-state index is 0.0672. The van der Waals surface area contributed by atoms with E-state index in [0.717, 1.165) is 29.9 Å². The maximum Gasteiger partial charge on any atom is 0.251 e. The fraction of sp³-hybridized carbons (Fsp3) is 0.435. The SMILES string of the molecule is CCCC(C)NC(=O)c1ccc(OC)c(COc2ccccc2C(C)C)c1. The van der Waals surface area contributed by atoms with Crippen molar-refractivity contribution < 1.29 is 14.3 Å². The topological polar surface area (TPSA) is 47.6 Å². The molecule has 4 nitrogen and oxygen atoms in total. The Morgan fingerprint density at radius 2 is 1.81 bits per heavy atom. The molecule has 2 rings (SSSR count). The molecule has 0 saturated carbocycles. The van der Waals surface area contributed by atoms with Crippen LogP contribution < -0.4 is 14.8 Å². The Balaban J connectivity index is 2.17. The summed E-state index contributed by atoms with van der Waals surface area (Å²) in [4.78, 5) is 12.5. The molecule has 146 valence electrons. The molecule has 0 bridgehead atoms. The number of hydrogen-bond acceptors (Lipinski definition) is 3. The van der Waals surface area contributed by atoms with E-state index in [1.54, 1.807) is 13.2 Å². The lowest BCUT2D eigenvalue weighted by Gasteiger charge is -2.17. The highest BCUT2D eigenvalue weighted by atomic mass is 16.5. The largest absolute Gasteiger partial charge is 0.496 e. The molecule has 0 aliphatic carbocycles. The van der Waals surface area contributed by atoms with Gasteiger partial charge in [-0.25, -0.2) is 0 Å². The number of carbonyl (C=O) groups is 1. The number of hydrogen-bond donors (Lipinski definition) is 1. The maximum atomic E-state index is 12.5. The van der Waals surface area contributed by atoms with Crippen molar-refractivity contribution in [1.29, 1.82) is 0 Å². The number of benzene rings is 2. The quantitative estimate of drug-likeness (QED) is 0.651. The summed E-state index contributed by atoms with van der Waals surface area (Å²) in [6.45, 7) is 8.77. The summed E-state index contributed by atoms with van der Waals surface area (Å²) in [7, 11) is 1.63. The lowest BCUT2D eigenvalue weighted by molar-refractivity contribution is 0.0938. The van der Waals surface area contributed by atoms with Gasteiger partial charge < -0.3 is 14.8 Å². The average Bonchev–Trinajstić information content (AvgIpc) is 2.66. The van der Waals surface area contributed by atoms with Crippen LogP contribution in [-0.2, 0) is 6.61 Å². The summed E-state index contributed by atoms with van der Waals surface area (Å²) in [6, 6.07) is 13.7. The van der Waals surface area contributed by atoms with E-state index in [4.69, 9.17) is 9.47 Å². The first kappa shape index (κ1) is 20.8. The number of para-hydroxylation sites is 1. The van der Waals surface area contributed by atoms with Gasteiger partial charge >= 0.3 is 0 Å². The molecule has 2 aromatic rings. The van der Waals surface area contributed by atoms with Crippen LogP contribution in [0, 0.1) is 0 Å². The molecule has 0 aliphatic rings. The molecular weight excluding hydrogens is 338 g/mol. The van der Waals surface area contributed by atoms with Crippen molar-refractivity contribution >= 4 is 5.91 Å². The molecule has 0 fully saturated rings. The van der Waals surface area contributed by atoms with E-state index in [1.165, 1.54) is 5.56 Å². The van der Waals surface area contributed by atoms with Crippen molar-refractivity contribution in [3.05, 3.63) is 59.2 Å². The highest BCUT2D eigenvalue weighted by Crippen LogP contribution is 2.28. The van der Waals surface area contributed by atoms with Crippen molar-refractivity contribution in [1.82, 2.24) is 5.32 Å². The number of carbonyl (C=O) groups excluding carboxylic acids is 1. The van der Waals surface area contributed by atoms with E-state index in [-0.39, 0.29) is 11.9 Å². The summed E-state index contributed by atoms with van der Waals surface area (Å²) in [6.07, 6.45) is 2.00. The molecule has 0 aromatic heterocycles. The summed E-state index contributed by atoms with van der Waals surface area (Å²) in [5.41, 5.74) is 2.64. The normalized spacial score (nSPS) is 11.9. The zero-order valence-electron chi connectivity index (χ0n) is 17.0. The molecule has 2 aromatic carbocycles. The Morgan fingerprint density at radius 1 is 1.07 bits per heavy atom. The third-order valence-corrected chi connectivity index (χ3v) is 4.57. The monoisotopic (exact) mass is 369 g/mol. The van der Waals surface area contributed by atoms with Crippen LogP contribution >= 0.6 is 0 Å². The third-order valence-electron chi connectivity index (χ3n) is 4.57. The van der Waals surface area contributed by atoms with Crippen LogP contribution in [0.3, 0.4) is 0 Å². The van der Waals surface area contributed by atoms with Crippen LogP contribution in [0.25, 0.3) is 0 Å². The summed E-state index contributed by atoms with van der Waals surface area (Å²) in [5.74, 6) is 1.89. The second-order valence-corrected chi connectivity index (χ2v) is 7.17. The van der Waals surface area contributed by atoms with Gasteiger partial charge in [0.15, 0.2) is 0 Å². The van der Waals surface area contributed by atoms with Crippen molar-refractivity contribution in [2.45, 2.75) is 59.1 Å². The van der Waals surface area contributed by atoms with Crippen molar-refractivity contribution in [2.24, 2.45) is 0 Å². The lowest BCUT2D eigenvalue weighted by atomic mass is 10.0. The van der Waals surface area contributed by atoms with E-state index >= 15 is 0 Å². The second-order valence-electron chi connectivity index (χ2n) is 7.17. The third kappa shape index (κ3) is 5.75. The first-order chi connectivity index (χ1) is 13.0. The molecule has 4 heteroatoms. The minimum atomic E-state index is -0.0672. The molecule has 0 spiro atoms. The van der Waals surface area contributed by atoms with Gasteiger partial charge in [-0.15, -0.1) is 0 Å². The van der Waals surface area contributed by atoms with Crippen LogP contribution in [0.1, 0.15) is 67.9 Å². The first-order valence-corrected chi connectivity index (χ1v) is 9.65. The van der Waals surface area contributed by atoms with E-state index in [1.807, 2.05) is 37.3 Å². The lowest BCUT2D eigenvalue weighted by Crippen LogP contribution is -2.32. The van der Waals surface area contributed by atoms with Gasteiger partial charge in [0.25, 0.3) is 5.91 Å². The second kappa shape index (κ2) is 10.0. The Bertz CT molecular complexity index is 755. The van der Waals surface area contributed by atoms with Crippen molar-refractivity contribution in [3.8, 4) is 11.5 Å². The standard InChI is InChI=1S/C23H31NO3/c1-6-9-17(4)24-23(25)18-12-13-21(26-5)19(14-18)15-27-22-11-8-7-10-20(22)16(2)3/h7-8,10-14,16-17H,6,9,15H2,1-5H3,(H,24,25). The molecule has 0 heterocycles. The van der Waals surface area contributed by atoms with Crippen LogP contribution in [-0.4, -0.2) is 19.1 Å². The molecule has 1 unspecified atom stereocenters. The van der Waals surface area contributed by atoms with Gasteiger partial charge in [-0.3, -0.25) is 4.79 Å². The number of ether oxygens (including phenoxy) is 2. The van der Waals surface area contributed by atoms with Crippen LogP contribution in [0.5, 0.6) is 11.5 Å². The number of amides is 1. The average molecular weight is 370 g/mol. The predicted molar refractivity (Wildman–Crippen MR) is 110 cm³/mol. The van der Waals surface area contributed by atoms with Crippen LogP contribution in [0.15, 0.2) is 42.5 Å². The molecule has 1 N–H and O–H groups in total. The summed E-state index contributed by atoms with van der Waals surface area (Å²) < 4.78 is 11.5. The van der Waals surface area contributed by atoms with E-state index in [9.17, 15) is 4.79 Å². The van der Waals surface area contributed by atoms with Gasteiger partial charge in [0.1, 0.15) is 18.1 Å². The molecule has 0 saturated heterocycles. The number of methoxy groups -OCH3 is 1. The molecule has 0 aliphatic heterocycles. The van der Waals surface area contributed by atoms with Gasteiger partial charge in [0, 0.05) is 17.2 Å². The Hall–Kier alpha value is -2.49. The Kier molecular flexibility index (Phi) is 7.71. The fourth-order valence-electron chi connectivity index (χ4n) is 3.09. The highest BCUT2D eigenvalue weighted by Gasteiger charge is 2.14. The fourth-order valence-corrected chi connectivity index (χ4v) is 3.09. The van der Waals surface area contributed by atoms with Crippen molar-refractivity contribution in [2.75, 3.05) is 7.11 Å². The molecular formula is C23H31NO3. The van der Waals surface area contributed by atoms with Crippen LogP contribution in [0.2, 0.25) is 0 Å². The molecule has 0 radical (unpaired) electrons. The van der Waals surface area contributed by atoms with E-state index in [2.05, 4.69) is 32.2 Å². The summed E-state index contributed by atoms with van der Waals surface area (Å²) in [5, 5.41) is 3.04. The zero-order chi connectivity index (χ0) is 19.8. The predicted octanol–water partition coefficient (Wildman–Crippen LogP) is 5.32. The summed E-state index contributed by atoms with van der Waals surface area (Å²) >= 11 is 0.